The van der Waals surface area contributed by atoms with Crippen molar-refractivity contribution in [3.05, 3.63) is 53.9 Å². The molecule has 144 valence electrons. The van der Waals surface area contributed by atoms with E-state index in [2.05, 4.69) is 15.6 Å². The van der Waals surface area contributed by atoms with Crippen LogP contribution >= 0.6 is 0 Å². The van der Waals surface area contributed by atoms with Crippen LogP contribution in [0.3, 0.4) is 0 Å². The Hall–Kier alpha value is -2.93. The molecule has 2 aromatic rings. The Morgan fingerprint density at radius 1 is 1.04 bits per heavy atom. The molecule has 27 heavy (non-hydrogen) atoms. The fourth-order valence-corrected chi connectivity index (χ4v) is 2.31. The Morgan fingerprint density at radius 3 is 2.44 bits per heavy atom. The summed E-state index contributed by atoms with van der Waals surface area (Å²) in [6, 6.07) is 11.9. The number of anilines is 1. The van der Waals surface area contributed by atoms with E-state index in [-0.39, 0.29) is 23.4 Å². The van der Waals surface area contributed by atoms with Crippen LogP contribution in [-0.2, 0) is 4.74 Å². The average molecular weight is 371 g/mol. The molecule has 2 N–H and O–H groups in total. The van der Waals surface area contributed by atoms with Gasteiger partial charge in [0.15, 0.2) is 0 Å². The van der Waals surface area contributed by atoms with Gasteiger partial charge in [-0.05, 0) is 44.5 Å². The third kappa shape index (κ3) is 6.38. The molecule has 1 aromatic heterocycles. The summed E-state index contributed by atoms with van der Waals surface area (Å²) in [5.41, 5.74) is 0.887. The van der Waals surface area contributed by atoms with Gasteiger partial charge in [-0.2, -0.15) is 0 Å². The molecule has 0 atom stereocenters. The number of carbonyl (C=O) groups excluding carboxylic acids is 2. The molecule has 0 fully saturated rings. The molecule has 7 heteroatoms. The lowest BCUT2D eigenvalue weighted by molar-refractivity contribution is 0.0943. The quantitative estimate of drug-likeness (QED) is 0.662. The predicted molar refractivity (Wildman–Crippen MR) is 103 cm³/mol. The minimum absolute atomic E-state index is 0.0219. The molecule has 2 amide bonds. The number of amides is 2. The van der Waals surface area contributed by atoms with Gasteiger partial charge >= 0.3 is 0 Å². The summed E-state index contributed by atoms with van der Waals surface area (Å²) in [5, 5.41) is 5.53. The second kappa shape index (κ2) is 10.3. The van der Waals surface area contributed by atoms with Gasteiger partial charge in [0.2, 0.25) is 0 Å². The Kier molecular flexibility index (Phi) is 7.76. The Morgan fingerprint density at radius 2 is 1.74 bits per heavy atom. The van der Waals surface area contributed by atoms with Crippen molar-refractivity contribution in [1.82, 2.24) is 10.3 Å². The van der Waals surface area contributed by atoms with Crippen LogP contribution in [0.4, 0.5) is 5.69 Å². The van der Waals surface area contributed by atoms with Gasteiger partial charge < -0.3 is 20.1 Å². The number of hydrogen-bond acceptors (Lipinski definition) is 5. The number of rotatable bonds is 9. The molecule has 1 aromatic carbocycles. The van der Waals surface area contributed by atoms with E-state index in [9.17, 15) is 9.59 Å². The molecule has 1 heterocycles. The largest absolute Gasteiger partial charge is 0.489 e. The fourth-order valence-electron chi connectivity index (χ4n) is 2.31. The summed E-state index contributed by atoms with van der Waals surface area (Å²) < 4.78 is 10.6. The number of nitrogens with zero attached hydrogens (tertiary/aromatic N) is 1. The van der Waals surface area contributed by atoms with Crippen LogP contribution in [0.15, 0.2) is 42.5 Å². The number of hydrogen-bond donors (Lipinski definition) is 2. The van der Waals surface area contributed by atoms with Crippen LogP contribution in [0.5, 0.6) is 5.75 Å². The van der Waals surface area contributed by atoms with Crippen molar-refractivity contribution < 1.29 is 19.1 Å². The van der Waals surface area contributed by atoms with Crippen LogP contribution in [0.25, 0.3) is 0 Å². The van der Waals surface area contributed by atoms with Crippen LogP contribution in [0, 0.1) is 0 Å². The fraction of sp³-hybridized carbons (Fsp3) is 0.350. The molecule has 0 saturated heterocycles. The lowest BCUT2D eigenvalue weighted by Crippen LogP contribution is -2.27. The summed E-state index contributed by atoms with van der Waals surface area (Å²) in [6.07, 6.45) is 0.681. The van der Waals surface area contributed by atoms with Gasteiger partial charge in [-0.15, -0.1) is 0 Å². The highest BCUT2D eigenvalue weighted by Crippen LogP contribution is 2.25. The van der Waals surface area contributed by atoms with Gasteiger partial charge in [0.05, 0.1) is 11.8 Å². The number of carbonyl (C=O) groups is 2. The summed E-state index contributed by atoms with van der Waals surface area (Å²) in [4.78, 5) is 28.9. The molecule has 0 aliphatic rings. The Labute approximate surface area is 159 Å². The van der Waals surface area contributed by atoms with E-state index >= 15 is 0 Å². The lowest BCUT2D eigenvalue weighted by atomic mass is 10.2. The molecule has 2 rings (SSSR count). The van der Waals surface area contributed by atoms with Crippen molar-refractivity contribution in [1.29, 1.82) is 0 Å². The lowest BCUT2D eigenvalue weighted by Gasteiger charge is -2.14. The molecule has 0 bridgehead atoms. The number of para-hydroxylation sites is 2. The smallest absolute Gasteiger partial charge is 0.274 e. The Balaban J connectivity index is 2.06. The molecular weight excluding hydrogens is 346 g/mol. The summed E-state index contributed by atoms with van der Waals surface area (Å²) in [7, 11) is 1.61. The molecule has 0 aliphatic carbocycles. The monoisotopic (exact) mass is 371 g/mol. The maximum Gasteiger partial charge on any atom is 0.274 e. The van der Waals surface area contributed by atoms with E-state index in [1.165, 1.54) is 0 Å². The van der Waals surface area contributed by atoms with Crippen LogP contribution in [0.1, 0.15) is 41.2 Å². The summed E-state index contributed by atoms with van der Waals surface area (Å²) in [6.45, 7) is 4.86. The van der Waals surface area contributed by atoms with Crippen molar-refractivity contribution in [2.24, 2.45) is 0 Å². The zero-order chi connectivity index (χ0) is 19.6. The second-order valence-corrected chi connectivity index (χ2v) is 6.13. The van der Waals surface area contributed by atoms with Crippen LogP contribution < -0.4 is 15.4 Å². The van der Waals surface area contributed by atoms with E-state index in [1.54, 1.807) is 43.5 Å². The van der Waals surface area contributed by atoms with Crippen molar-refractivity contribution in [2.75, 3.05) is 25.6 Å². The number of benzene rings is 1. The first-order chi connectivity index (χ1) is 13.0. The first-order valence-electron chi connectivity index (χ1n) is 8.82. The zero-order valence-electron chi connectivity index (χ0n) is 15.8. The highest BCUT2D eigenvalue weighted by molar-refractivity contribution is 6.04. The average Bonchev–Trinajstić information content (AvgIpc) is 2.66. The standard InChI is InChI=1S/C20H25N3O4/c1-14(2)27-18-11-5-4-8-15(18)23-20(25)17-10-6-9-16(22-17)19(24)21-12-7-13-26-3/h4-6,8-11,14H,7,12-13H2,1-3H3,(H,21,24)(H,23,25). The molecule has 0 radical (unpaired) electrons. The number of pyridine rings is 1. The third-order valence-corrected chi connectivity index (χ3v) is 3.52. The Bertz CT molecular complexity index is 777. The first kappa shape index (κ1) is 20.4. The normalized spacial score (nSPS) is 10.5. The van der Waals surface area contributed by atoms with Gasteiger partial charge in [-0.3, -0.25) is 9.59 Å². The van der Waals surface area contributed by atoms with Gasteiger partial charge in [0, 0.05) is 20.3 Å². The van der Waals surface area contributed by atoms with E-state index in [0.717, 1.165) is 0 Å². The predicted octanol–water partition coefficient (Wildman–Crippen LogP) is 2.89. The van der Waals surface area contributed by atoms with E-state index in [1.807, 2.05) is 19.9 Å². The first-order valence-corrected chi connectivity index (χ1v) is 8.82. The molecule has 0 unspecified atom stereocenters. The van der Waals surface area contributed by atoms with Gasteiger partial charge in [0.25, 0.3) is 11.8 Å². The number of aromatic nitrogens is 1. The molecule has 7 nitrogen and oxygen atoms in total. The second-order valence-electron chi connectivity index (χ2n) is 6.13. The molecular formula is C20H25N3O4. The topological polar surface area (TPSA) is 89.5 Å². The van der Waals surface area contributed by atoms with Crippen molar-refractivity contribution in [2.45, 2.75) is 26.4 Å². The van der Waals surface area contributed by atoms with Crippen LogP contribution in [0.2, 0.25) is 0 Å². The molecule has 0 saturated carbocycles. The maximum atomic E-state index is 12.5. The minimum atomic E-state index is -0.413. The molecule has 0 spiro atoms. The van der Waals surface area contributed by atoms with Gasteiger partial charge in [-0.1, -0.05) is 18.2 Å². The SMILES string of the molecule is COCCCNC(=O)c1cccc(C(=O)Nc2ccccc2OC(C)C)n1. The highest BCUT2D eigenvalue weighted by atomic mass is 16.5. The summed E-state index contributed by atoms with van der Waals surface area (Å²) in [5.74, 6) is -0.166. The van der Waals surface area contributed by atoms with Crippen molar-refractivity contribution in [3.63, 3.8) is 0 Å². The maximum absolute atomic E-state index is 12.5. The van der Waals surface area contributed by atoms with E-state index in [4.69, 9.17) is 9.47 Å². The zero-order valence-corrected chi connectivity index (χ0v) is 15.8. The van der Waals surface area contributed by atoms with E-state index < -0.39 is 5.91 Å². The van der Waals surface area contributed by atoms with Crippen molar-refractivity contribution >= 4 is 17.5 Å². The molecule has 0 aliphatic heterocycles. The number of methoxy groups -OCH3 is 1. The van der Waals surface area contributed by atoms with E-state index in [0.29, 0.717) is 31.0 Å². The highest BCUT2D eigenvalue weighted by Gasteiger charge is 2.14. The number of ether oxygens (including phenoxy) is 2. The summed E-state index contributed by atoms with van der Waals surface area (Å²) >= 11 is 0. The van der Waals surface area contributed by atoms with Crippen LogP contribution in [-0.4, -0.2) is 43.2 Å². The van der Waals surface area contributed by atoms with Crippen molar-refractivity contribution in [3.8, 4) is 5.75 Å². The minimum Gasteiger partial charge on any atom is -0.489 e. The van der Waals surface area contributed by atoms with Gasteiger partial charge in [-0.25, -0.2) is 4.98 Å². The number of nitrogens with one attached hydrogen (secondary N) is 2. The third-order valence-electron chi connectivity index (χ3n) is 3.52. The van der Waals surface area contributed by atoms with Gasteiger partial charge in [0.1, 0.15) is 17.1 Å².